The van der Waals surface area contributed by atoms with Crippen molar-refractivity contribution in [3.05, 3.63) is 36.2 Å². The first kappa shape index (κ1) is 9.16. The van der Waals surface area contributed by atoms with Gasteiger partial charge in [0.1, 0.15) is 22.8 Å². The van der Waals surface area contributed by atoms with Crippen LogP contribution in [0.3, 0.4) is 0 Å². The fourth-order valence-electron chi connectivity index (χ4n) is 1.75. The Morgan fingerprint density at radius 3 is 1.44 bits per heavy atom. The van der Waals surface area contributed by atoms with Gasteiger partial charge in [0, 0.05) is 24.8 Å². The highest BCUT2D eigenvalue weighted by Crippen LogP contribution is 2.41. The highest BCUT2D eigenvalue weighted by atomic mass is 15.3. The lowest BCUT2D eigenvalue weighted by Crippen LogP contribution is -1.90. The van der Waals surface area contributed by atoms with Crippen molar-refractivity contribution in [2.75, 3.05) is 0 Å². The summed E-state index contributed by atoms with van der Waals surface area (Å²) in [5.41, 5.74) is 2.23. The molecule has 8 nitrogen and oxygen atoms in total. The van der Waals surface area contributed by atoms with Gasteiger partial charge in [-0.15, -0.1) is 20.5 Å². The molecule has 4 heterocycles. The molecule has 0 N–H and O–H groups in total. The van der Waals surface area contributed by atoms with Crippen LogP contribution in [0.4, 0.5) is 11.6 Å². The monoisotopic (exact) mass is 236 g/mol. The Morgan fingerprint density at radius 1 is 0.500 bits per heavy atom. The molecule has 0 fully saturated rings. The maximum atomic E-state index is 4.20. The Hall–Kier alpha value is -2.90. The number of rotatable bonds is 0. The number of fused-ring (bicyclic) bond motifs is 2. The molecule has 2 aliphatic rings. The molecule has 18 heavy (non-hydrogen) atoms. The second-order valence-electron chi connectivity index (χ2n) is 3.55. The molecular formula is C10H4N8. The molecule has 2 aliphatic heterocycles. The number of azo groups is 2. The second kappa shape index (κ2) is 3.29. The van der Waals surface area contributed by atoms with E-state index in [1.807, 2.05) is 0 Å². The molecular weight excluding hydrogens is 232 g/mol. The van der Waals surface area contributed by atoms with Crippen molar-refractivity contribution < 1.29 is 0 Å². The molecule has 84 valence electrons. The molecule has 0 bridgehead atoms. The first-order valence-electron chi connectivity index (χ1n) is 5.14. The van der Waals surface area contributed by atoms with E-state index in [0.717, 1.165) is 0 Å². The zero-order valence-corrected chi connectivity index (χ0v) is 8.89. The lowest BCUT2D eigenvalue weighted by molar-refractivity contribution is 1.16. The van der Waals surface area contributed by atoms with Crippen LogP contribution in [0, 0.1) is 0 Å². The highest BCUT2D eigenvalue weighted by molar-refractivity contribution is 5.94. The SMILES string of the molecule is c1cnc2c(n1)N=NC2=C1N=Nc2nccnc21. The van der Waals surface area contributed by atoms with E-state index in [2.05, 4.69) is 40.4 Å². The smallest absolute Gasteiger partial charge is 0.202 e. The number of hydrogen-bond acceptors (Lipinski definition) is 8. The van der Waals surface area contributed by atoms with Gasteiger partial charge in [-0.3, -0.25) is 0 Å². The van der Waals surface area contributed by atoms with Crippen molar-refractivity contribution in [1.82, 2.24) is 19.9 Å². The predicted molar refractivity (Wildman–Crippen MR) is 59.9 cm³/mol. The van der Waals surface area contributed by atoms with E-state index in [0.29, 0.717) is 34.4 Å². The minimum Gasteiger partial charge on any atom is -0.249 e. The van der Waals surface area contributed by atoms with Gasteiger partial charge in [-0.05, 0) is 0 Å². The standard InChI is InChI=1S/C10H4N8/c1-3-13-9-7(11-1)5(15-17-9)6-8-10(18-16-6)14-4-2-12-8/h1-4H. The average Bonchev–Trinajstić information content (AvgIpc) is 3.01. The minimum atomic E-state index is 0.479. The van der Waals surface area contributed by atoms with Gasteiger partial charge in [-0.2, -0.15) is 0 Å². The zero-order valence-electron chi connectivity index (χ0n) is 8.89. The third-order valence-corrected chi connectivity index (χ3v) is 2.52. The van der Waals surface area contributed by atoms with E-state index in [9.17, 15) is 0 Å². The Balaban J connectivity index is 1.99. The van der Waals surface area contributed by atoms with Crippen molar-refractivity contribution in [3.63, 3.8) is 0 Å². The predicted octanol–water partition coefficient (Wildman–Crippen LogP) is 2.29. The van der Waals surface area contributed by atoms with Crippen LogP contribution >= 0.6 is 0 Å². The van der Waals surface area contributed by atoms with Crippen LogP contribution in [0.1, 0.15) is 11.4 Å². The topological polar surface area (TPSA) is 101 Å². The van der Waals surface area contributed by atoms with Crippen LogP contribution in [0.5, 0.6) is 0 Å². The fraction of sp³-hybridized carbons (Fsp3) is 0. The molecule has 2 aromatic heterocycles. The Labute approximate surface area is 100 Å². The number of nitrogens with zero attached hydrogens (tertiary/aromatic N) is 8. The largest absolute Gasteiger partial charge is 0.249 e. The van der Waals surface area contributed by atoms with Crippen LogP contribution < -0.4 is 0 Å². The van der Waals surface area contributed by atoms with Gasteiger partial charge in [0.25, 0.3) is 0 Å². The number of aromatic nitrogens is 4. The van der Waals surface area contributed by atoms with Crippen LogP contribution in [-0.2, 0) is 0 Å². The summed E-state index contributed by atoms with van der Waals surface area (Å²) in [5, 5.41) is 16.0. The molecule has 0 saturated carbocycles. The average molecular weight is 236 g/mol. The molecule has 0 saturated heterocycles. The second-order valence-corrected chi connectivity index (χ2v) is 3.55. The van der Waals surface area contributed by atoms with Crippen LogP contribution in [0.15, 0.2) is 45.2 Å². The lowest BCUT2D eigenvalue weighted by Gasteiger charge is -1.98. The van der Waals surface area contributed by atoms with Crippen molar-refractivity contribution >= 4 is 23.0 Å². The number of hydrogen-bond donors (Lipinski definition) is 0. The van der Waals surface area contributed by atoms with Gasteiger partial charge in [0.05, 0.1) is 0 Å². The third kappa shape index (κ3) is 1.14. The molecule has 2 aromatic rings. The van der Waals surface area contributed by atoms with E-state index in [-0.39, 0.29) is 0 Å². The van der Waals surface area contributed by atoms with Gasteiger partial charge in [-0.25, -0.2) is 19.9 Å². The highest BCUT2D eigenvalue weighted by Gasteiger charge is 2.27. The Kier molecular flexibility index (Phi) is 1.68. The normalized spacial score (nSPS) is 19.1. The van der Waals surface area contributed by atoms with Crippen LogP contribution in [-0.4, -0.2) is 19.9 Å². The van der Waals surface area contributed by atoms with Crippen molar-refractivity contribution in [2.24, 2.45) is 20.5 Å². The maximum absolute atomic E-state index is 4.20. The quantitative estimate of drug-likeness (QED) is 0.700. The molecule has 0 unspecified atom stereocenters. The molecule has 0 aromatic carbocycles. The van der Waals surface area contributed by atoms with E-state index >= 15 is 0 Å². The molecule has 0 amide bonds. The summed E-state index contributed by atoms with van der Waals surface area (Å²) in [4.78, 5) is 16.5. The first-order valence-corrected chi connectivity index (χ1v) is 5.14. The van der Waals surface area contributed by atoms with E-state index in [4.69, 9.17) is 0 Å². The zero-order chi connectivity index (χ0) is 11.9. The third-order valence-electron chi connectivity index (χ3n) is 2.52. The summed E-state index contributed by atoms with van der Waals surface area (Å²) in [6, 6.07) is 0. The molecule has 0 radical (unpaired) electrons. The van der Waals surface area contributed by atoms with E-state index < -0.39 is 0 Å². The van der Waals surface area contributed by atoms with Crippen molar-refractivity contribution in [2.45, 2.75) is 0 Å². The fourth-order valence-corrected chi connectivity index (χ4v) is 1.75. The minimum absolute atomic E-state index is 0.479. The van der Waals surface area contributed by atoms with Gasteiger partial charge in [0.15, 0.2) is 0 Å². The Morgan fingerprint density at radius 2 is 0.944 bits per heavy atom. The molecule has 8 heteroatoms. The lowest BCUT2D eigenvalue weighted by atomic mass is 10.2. The van der Waals surface area contributed by atoms with Gasteiger partial charge >= 0.3 is 0 Å². The molecule has 0 spiro atoms. The summed E-state index contributed by atoms with van der Waals surface area (Å²) < 4.78 is 0. The summed E-state index contributed by atoms with van der Waals surface area (Å²) in [7, 11) is 0. The van der Waals surface area contributed by atoms with E-state index in [1.54, 1.807) is 24.8 Å². The molecule has 0 atom stereocenters. The van der Waals surface area contributed by atoms with E-state index in [1.165, 1.54) is 0 Å². The molecule has 4 rings (SSSR count). The van der Waals surface area contributed by atoms with Crippen LogP contribution in [0.25, 0.3) is 11.4 Å². The molecule has 0 aliphatic carbocycles. The van der Waals surface area contributed by atoms with Gasteiger partial charge in [-0.1, -0.05) is 0 Å². The maximum Gasteiger partial charge on any atom is 0.202 e. The summed E-state index contributed by atoms with van der Waals surface area (Å²) in [5.74, 6) is 0.958. The van der Waals surface area contributed by atoms with Gasteiger partial charge < -0.3 is 0 Å². The summed E-state index contributed by atoms with van der Waals surface area (Å²) >= 11 is 0. The van der Waals surface area contributed by atoms with Crippen molar-refractivity contribution in [3.8, 4) is 0 Å². The summed E-state index contributed by atoms with van der Waals surface area (Å²) in [6.45, 7) is 0. The Bertz CT molecular complexity index is 682. The van der Waals surface area contributed by atoms with Crippen LogP contribution in [0.2, 0.25) is 0 Å². The van der Waals surface area contributed by atoms with Crippen molar-refractivity contribution in [1.29, 1.82) is 0 Å². The first-order chi connectivity index (χ1) is 8.93. The summed E-state index contributed by atoms with van der Waals surface area (Å²) in [6.07, 6.45) is 6.30. The van der Waals surface area contributed by atoms with Gasteiger partial charge in [0.2, 0.25) is 11.6 Å².